The van der Waals surface area contributed by atoms with Crippen molar-refractivity contribution < 1.29 is 9.53 Å². The zero-order valence-corrected chi connectivity index (χ0v) is 14.3. The van der Waals surface area contributed by atoms with Gasteiger partial charge in [0.15, 0.2) is 5.69 Å². The van der Waals surface area contributed by atoms with E-state index in [-0.39, 0.29) is 5.69 Å². The van der Waals surface area contributed by atoms with Gasteiger partial charge in [-0.3, -0.25) is 0 Å². The van der Waals surface area contributed by atoms with Gasteiger partial charge >= 0.3 is 5.97 Å². The van der Waals surface area contributed by atoms with E-state index in [0.29, 0.717) is 16.5 Å². The fourth-order valence-corrected chi connectivity index (χ4v) is 2.50. The zero-order valence-electron chi connectivity index (χ0n) is 13.6. The molecule has 24 heavy (non-hydrogen) atoms. The van der Waals surface area contributed by atoms with E-state index in [1.165, 1.54) is 0 Å². The van der Waals surface area contributed by atoms with Crippen LogP contribution in [-0.4, -0.2) is 21.0 Å². The summed E-state index contributed by atoms with van der Waals surface area (Å²) >= 11 is 6.15. The highest BCUT2D eigenvalue weighted by atomic mass is 35.5. The number of rotatable bonds is 3. The van der Waals surface area contributed by atoms with Gasteiger partial charge in [-0.15, -0.1) is 5.10 Å². The number of halogens is 1. The Morgan fingerprint density at radius 1 is 1.08 bits per heavy atom. The summed E-state index contributed by atoms with van der Waals surface area (Å²) < 4.78 is 6.95. The Balaban J connectivity index is 1.91. The van der Waals surface area contributed by atoms with E-state index in [1.54, 1.807) is 29.8 Å². The monoisotopic (exact) mass is 341 g/mol. The topological polar surface area (TPSA) is 57.0 Å². The molecule has 2 aromatic carbocycles. The highest BCUT2D eigenvalue weighted by molar-refractivity contribution is 6.31. The van der Waals surface area contributed by atoms with Crippen LogP contribution < -0.4 is 4.74 Å². The molecular formula is C18H16ClN3O2. The number of aromatic nitrogens is 3. The molecule has 3 rings (SSSR count). The lowest BCUT2D eigenvalue weighted by Gasteiger charge is -2.08. The molecule has 3 aromatic rings. The van der Waals surface area contributed by atoms with Crippen LogP contribution in [0.5, 0.6) is 5.75 Å². The molecule has 0 N–H and O–H groups in total. The van der Waals surface area contributed by atoms with Gasteiger partial charge in [0, 0.05) is 5.02 Å². The molecule has 0 bridgehead atoms. The summed E-state index contributed by atoms with van der Waals surface area (Å²) in [5, 5.41) is 8.67. The average Bonchev–Trinajstić information content (AvgIpc) is 2.94. The standard InChI is InChI=1S/C18H16ClN3O2/c1-11-7-9-14(10-8-11)24-18(23)17-13(3)22(21-20-17)16-6-4-5-15(19)12(16)2/h4-10H,1-3H3. The lowest BCUT2D eigenvalue weighted by atomic mass is 10.2. The van der Waals surface area contributed by atoms with Crippen LogP contribution in [0.15, 0.2) is 42.5 Å². The molecule has 0 aliphatic heterocycles. The minimum absolute atomic E-state index is 0.176. The van der Waals surface area contributed by atoms with Crippen LogP contribution in [0.3, 0.4) is 0 Å². The average molecular weight is 342 g/mol. The van der Waals surface area contributed by atoms with Crippen molar-refractivity contribution in [3.05, 3.63) is 70.0 Å². The van der Waals surface area contributed by atoms with Crippen LogP contribution in [-0.2, 0) is 0 Å². The van der Waals surface area contributed by atoms with Crippen LogP contribution in [0.4, 0.5) is 0 Å². The fraction of sp³-hybridized carbons (Fsp3) is 0.167. The minimum Gasteiger partial charge on any atom is -0.422 e. The van der Waals surface area contributed by atoms with E-state index in [9.17, 15) is 4.79 Å². The van der Waals surface area contributed by atoms with E-state index in [2.05, 4.69) is 10.3 Å². The summed E-state index contributed by atoms with van der Waals surface area (Å²) in [6.07, 6.45) is 0. The molecule has 0 unspecified atom stereocenters. The molecule has 0 aliphatic rings. The van der Waals surface area contributed by atoms with Gasteiger partial charge in [0.05, 0.1) is 11.4 Å². The Bertz CT molecular complexity index is 901. The van der Waals surface area contributed by atoms with E-state index in [0.717, 1.165) is 16.8 Å². The fourth-order valence-electron chi connectivity index (χ4n) is 2.33. The number of benzene rings is 2. The van der Waals surface area contributed by atoms with Gasteiger partial charge in [0.25, 0.3) is 0 Å². The summed E-state index contributed by atoms with van der Waals surface area (Å²) in [6, 6.07) is 12.7. The van der Waals surface area contributed by atoms with Gasteiger partial charge < -0.3 is 4.74 Å². The van der Waals surface area contributed by atoms with E-state index in [1.807, 2.05) is 38.1 Å². The van der Waals surface area contributed by atoms with Crippen molar-refractivity contribution >= 4 is 17.6 Å². The Labute approximate surface area is 144 Å². The van der Waals surface area contributed by atoms with Crippen molar-refractivity contribution in [2.75, 3.05) is 0 Å². The second kappa shape index (κ2) is 6.45. The van der Waals surface area contributed by atoms with Crippen molar-refractivity contribution in [3.8, 4) is 11.4 Å². The third-order valence-electron chi connectivity index (χ3n) is 3.79. The maximum absolute atomic E-state index is 12.4. The zero-order chi connectivity index (χ0) is 17.3. The first-order valence-corrected chi connectivity index (χ1v) is 7.82. The van der Waals surface area contributed by atoms with Gasteiger partial charge in [-0.25, -0.2) is 9.48 Å². The molecule has 0 aliphatic carbocycles. The number of hydrogen-bond donors (Lipinski definition) is 0. The number of hydrogen-bond acceptors (Lipinski definition) is 4. The first-order valence-electron chi connectivity index (χ1n) is 7.44. The molecule has 0 fully saturated rings. The normalized spacial score (nSPS) is 10.7. The second-order valence-corrected chi connectivity index (χ2v) is 5.93. The molecule has 0 saturated carbocycles. The number of carbonyl (C=O) groups is 1. The Morgan fingerprint density at radius 2 is 1.79 bits per heavy atom. The summed E-state index contributed by atoms with van der Waals surface area (Å²) in [5.74, 6) is -0.0687. The third-order valence-corrected chi connectivity index (χ3v) is 4.20. The van der Waals surface area contributed by atoms with E-state index < -0.39 is 5.97 Å². The Morgan fingerprint density at radius 3 is 2.50 bits per heavy atom. The summed E-state index contributed by atoms with van der Waals surface area (Å²) in [7, 11) is 0. The number of aryl methyl sites for hydroxylation is 1. The smallest absolute Gasteiger partial charge is 0.366 e. The van der Waals surface area contributed by atoms with Gasteiger partial charge in [0.1, 0.15) is 5.75 Å². The number of carbonyl (C=O) groups excluding carboxylic acids is 1. The second-order valence-electron chi connectivity index (χ2n) is 5.52. The van der Waals surface area contributed by atoms with Crippen LogP contribution in [0.2, 0.25) is 5.02 Å². The Hall–Kier alpha value is -2.66. The predicted octanol–water partition coefficient (Wildman–Crippen LogP) is 4.07. The minimum atomic E-state index is -0.540. The third kappa shape index (κ3) is 3.03. The summed E-state index contributed by atoms with van der Waals surface area (Å²) in [4.78, 5) is 12.4. The van der Waals surface area contributed by atoms with Gasteiger partial charge in [-0.2, -0.15) is 0 Å². The highest BCUT2D eigenvalue weighted by Gasteiger charge is 2.20. The predicted molar refractivity (Wildman–Crippen MR) is 92.0 cm³/mol. The van der Waals surface area contributed by atoms with Gasteiger partial charge in [-0.1, -0.05) is 40.6 Å². The Kier molecular flexibility index (Phi) is 4.36. The highest BCUT2D eigenvalue weighted by Crippen LogP contribution is 2.23. The largest absolute Gasteiger partial charge is 0.422 e. The molecule has 0 radical (unpaired) electrons. The lowest BCUT2D eigenvalue weighted by molar-refractivity contribution is 0.0727. The molecule has 1 aromatic heterocycles. The molecule has 5 nitrogen and oxygen atoms in total. The van der Waals surface area contributed by atoms with Gasteiger partial charge in [-0.05, 0) is 50.6 Å². The van der Waals surface area contributed by atoms with Crippen molar-refractivity contribution in [2.24, 2.45) is 0 Å². The lowest BCUT2D eigenvalue weighted by Crippen LogP contribution is -2.11. The SMILES string of the molecule is Cc1ccc(OC(=O)c2nnn(-c3cccc(Cl)c3C)c2C)cc1. The molecule has 0 amide bonds. The quantitative estimate of drug-likeness (QED) is 0.532. The molecule has 6 heteroatoms. The van der Waals surface area contributed by atoms with Crippen molar-refractivity contribution in [2.45, 2.75) is 20.8 Å². The number of ether oxygens (including phenoxy) is 1. The first kappa shape index (κ1) is 16.2. The van der Waals surface area contributed by atoms with Crippen LogP contribution in [0.25, 0.3) is 5.69 Å². The number of esters is 1. The van der Waals surface area contributed by atoms with Crippen LogP contribution in [0, 0.1) is 20.8 Å². The van der Waals surface area contributed by atoms with Crippen molar-refractivity contribution in [3.63, 3.8) is 0 Å². The maximum Gasteiger partial charge on any atom is 0.366 e. The van der Waals surface area contributed by atoms with Crippen molar-refractivity contribution in [1.82, 2.24) is 15.0 Å². The van der Waals surface area contributed by atoms with Gasteiger partial charge in [0.2, 0.25) is 0 Å². The molecule has 122 valence electrons. The van der Waals surface area contributed by atoms with Crippen molar-refractivity contribution in [1.29, 1.82) is 0 Å². The molecular weight excluding hydrogens is 326 g/mol. The molecule has 0 saturated heterocycles. The molecule has 1 heterocycles. The molecule has 0 spiro atoms. The molecule has 0 atom stereocenters. The number of nitrogens with zero attached hydrogens (tertiary/aromatic N) is 3. The summed E-state index contributed by atoms with van der Waals surface area (Å²) in [5.41, 5.74) is 3.51. The first-order chi connectivity index (χ1) is 11.5. The van der Waals surface area contributed by atoms with E-state index in [4.69, 9.17) is 16.3 Å². The summed E-state index contributed by atoms with van der Waals surface area (Å²) in [6.45, 7) is 5.63. The van der Waals surface area contributed by atoms with E-state index >= 15 is 0 Å². The van der Waals surface area contributed by atoms with Crippen LogP contribution >= 0.6 is 11.6 Å². The maximum atomic E-state index is 12.4. The van der Waals surface area contributed by atoms with Crippen LogP contribution in [0.1, 0.15) is 27.3 Å².